The Kier molecular flexibility index (Phi) is 3.31. The number of hydrogen-bond acceptors (Lipinski definition) is 3. The highest BCUT2D eigenvalue weighted by Gasteiger charge is 2.11. The molecule has 4 nitrogen and oxygen atoms in total. The molecular formula is C12H16N4. The molecule has 16 heavy (non-hydrogen) atoms. The molecule has 0 radical (unpaired) electrons. The lowest BCUT2D eigenvalue weighted by Crippen LogP contribution is -2.14. The van der Waals surface area contributed by atoms with E-state index in [1.165, 1.54) is 0 Å². The summed E-state index contributed by atoms with van der Waals surface area (Å²) in [4.78, 5) is 11.9. The van der Waals surface area contributed by atoms with E-state index in [-0.39, 0.29) is 5.92 Å². The van der Waals surface area contributed by atoms with Gasteiger partial charge in [-0.25, -0.2) is 9.97 Å². The van der Waals surface area contributed by atoms with Crippen LogP contribution < -0.4 is 5.73 Å². The Morgan fingerprint density at radius 3 is 2.94 bits per heavy atom. The second-order valence-corrected chi connectivity index (χ2v) is 3.74. The van der Waals surface area contributed by atoms with Crippen molar-refractivity contribution in [2.75, 3.05) is 6.54 Å². The minimum atomic E-state index is 0.249. The third-order valence-electron chi connectivity index (χ3n) is 2.71. The van der Waals surface area contributed by atoms with Crippen molar-refractivity contribution in [3.8, 4) is 11.3 Å². The Labute approximate surface area is 94.9 Å². The molecular weight excluding hydrogens is 200 g/mol. The number of nitrogens with one attached hydrogen (secondary N) is 1. The molecule has 0 fully saturated rings. The summed E-state index contributed by atoms with van der Waals surface area (Å²) >= 11 is 0. The Balaban J connectivity index is 2.33. The van der Waals surface area contributed by atoms with Crippen LogP contribution >= 0.6 is 0 Å². The number of nitrogens with two attached hydrogens (primary N) is 1. The zero-order valence-electron chi connectivity index (χ0n) is 9.35. The summed E-state index contributed by atoms with van der Waals surface area (Å²) in [7, 11) is 0. The van der Waals surface area contributed by atoms with Crippen molar-refractivity contribution in [2.24, 2.45) is 5.73 Å². The van der Waals surface area contributed by atoms with Gasteiger partial charge in [0.05, 0.1) is 5.69 Å². The lowest BCUT2D eigenvalue weighted by Gasteiger charge is -2.10. The molecule has 2 heterocycles. The van der Waals surface area contributed by atoms with E-state index in [9.17, 15) is 0 Å². The van der Waals surface area contributed by atoms with E-state index in [0.717, 1.165) is 23.5 Å². The summed E-state index contributed by atoms with van der Waals surface area (Å²) in [6.45, 7) is 2.69. The van der Waals surface area contributed by atoms with Gasteiger partial charge in [0.15, 0.2) is 0 Å². The van der Waals surface area contributed by atoms with Gasteiger partial charge in [-0.15, -0.1) is 0 Å². The van der Waals surface area contributed by atoms with Crippen molar-refractivity contribution >= 4 is 0 Å². The van der Waals surface area contributed by atoms with E-state index in [1.807, 2.05) is 24.5 Å². The van der Waals surface area contributed by atoms with Gasteiger partial charge in [0.2, 0.25) is 0 Å². The SMILES string of the molecule is CCC(CN)c1nccc(-c2cc[nH]c2)n1. The normalized spacial score (nSPS) is 12.6. The van der Waals surface area contributed by atoms with Crippen LogP contribution in [0.4, 0.5) is 0 Å². The highest BCUT2D eigenvalue weighted by molar-refractivity contribution is 5.57. The molecule has 0 aliphatic rings. The number of H-pyrrole nitrogens is 1. The molecule has 1 atom stereocenters. The van der Waals surface area contributed by atoms with Crippen molar-refractivity contribution in [1.29, 1.82) is 0 Å². The summed E-state index contributed by atoms with van der Waals surface area (Å²) in [6.07, 6.45) is 6.57. The third-order valence-corrected chi connectivity index (χ3v) is 2.71. The van der Waals surface area contributed by atoms with Gasteiger partial charge in [0.1, 0.15) is 5.82 Å². The van der Waals surface area contributed by atoms with Gasteiger partial charge in [0.25, 0.3) is 0 Å². The second-order valence-electron chi connectivity index (χ2n) is 3.74. The van der Waals surface area contributed by atoms with Crippen LogP contribution in [0.25, 0.3) is 11.3 Å². The number of nitrogens with zero attached hydrogens (tertiary/aromatic N) is 2. The van der Waals surface area contributed by atoms with E-state index in [2.05, 4.69) is 21.9 Å². The predicted molar refractivity (Wildman–Crippen MR) is 63.9 cm³/mol. The van der Waals surface area contributed by atoms with Crippen molar-refractivity contribution in [2.45, 2.75) is 19.3 Å². The number of aromatic nitrogens is 3. The second kappa shape index (κ2) is 4.90. The van der Waals surface area contributed by atoms with Gasteiger partial charge in [0, 0.05) is 36.6 Å². The quantitative estimate of drug-likeness (QED) is 0.820. The van der Waals surface area contributed by atoms with E-state index >= 15 is 0 Å². The minimum absolute atomic E-state index is 0.249. The van der Waals surface area contributed by atoms with E-state index < -0.39 is 0 Å². The van der Waals surface area contributed by atoms with Gasteiger partial charge < -0.3 is 10.7 Å². The maximum absolute atomic E-state index is 5.70. The van der Waals surface area contributed by atoms with E-state index in [0.29, 0.717) is 6.54 Å². The van der Waals surface area contributed by atoms with Gasteiger partial charge in [-0.2, -0.15) is 0 Å². The average Bonchev–Trinajstić information content (AvgIpc) is 2.85. The molecule has 84 valence electrons. The van der Waals surface area contributed by atoms with Crippen LogP contribution in [0.15, 0.2) is 30.7 Å². The lowest BCUT2D eigenvalue weighted by molar-refractivity contribution is 0.631. The molecule has 0 aliphatic heterocycles. The molecule has 0 aromatic carbocycles. The average molecular weight is 216 g/mol. The summed E-state index contributed by atoms with van der Waals surface area (Å²) in [6, 6.07) is 3.91. The largest absolute Gasteiger partial charge is 0.367 e. The molecule has 0 amide bonds. The molecule has 2 aromatic heterocycles. The number of aromatic amines is 1. The lowest BCUT2D eigenvalue weighted by atomic mass is 10.1. The maximum Gasteiger partial charge on any atom is 0.133 e. The molecule has 1 unspecified atom stereocenters. The van der Waals surface area contributed by atoms with Crippen LogP contribution in [0.3, 0.4) is 0 Å². The van der Waals surface area contributed by atoms with Gasteiger partial charge in [-0.3, -0.25) is 0 Å². The van der Waals surface area contributed by atoms with Crippen LogP contribution in [0.2, 0.25) is 0 Å². The first-order valence-electron chi connectivity index (χ1n) is 5.51. The smallest absolute Gasteiger partial charge is 0.133 e. The molecule has 0 saturated carbocycles. The summed E-state index contributed by atoms with van der Waals surface area (Å²) in [5.41, 5.74) is 7.72. The summed E-state index contributed by atoms with van der Waals surface area (Å²) in [5, 5.41) is 0. The van der Waals surface area contributed by atoms with Crippen LogP contribution in [0.1, 0.15) is 25.1 Å². The van der Waals surface area contributed by atoms with E-state index in [1.54, 1.807) is 6.20 Å². The molecule has 3 N–H and O–H groups in total. The Morgan fingerprint density at radius 1 is 1.44 bits per heavy atom. The van der Waals surface area contributed by atoms with Gasteiger partial charge >= 0.3 is 0 Å². The van der Waals surface area contributed by atoms with E-state index in [4.69, 9.17) is 5.73 Å². The fourth-order valence-corrected chi connectivity index (χ4v) is 1.67. The summed E-state index contributed by atoms with van der Waals surface area (Å²) in [5.74, 6) is 1.09. The zero-order valence-corrected chi connectivity index (χ0v) is 9.35. The van der Waals surface area contributed by atoms with Crippen LogP contribution in [-0.4, -0.2) is 21.5 Å². The van der Waals surface area contributed by atoms with Crippen LogP contribution in [0, 0.1) is 0 Å². The first kappa shape index (κ1) is 10.8. The fourth-order valence-electron chi connectivity index (χ4n) is 1.67. The molecule has 0 spiro atoms. The standard InChI is InChI=1S/C12H16N4/c1-2-9(7-13)12-15-6-4-11(16-12)10-3-5-14-8-10/h3-6,8-9,14H,2,7,13H2,1H3. The van der Waals surface area contributed by atoms with Gasteiger partial charge in [-0.05, 0) is 18.6 Å². The van der Waals surface area contributed by atoms with Gasteiger partial charge in [-0.1, -0.05) is 6.92 Å². The maximum atomic E-state index is 5.70. The predicted octanol–water partition coefficient (Wildman–Crippen LogP) is 1.92. The monoisotopic (exact) mass is 216 g/mol. The molecule has 0 saturated heterocycles. The molecule has 0 aliphatic carbocycles. The minimum Gasteiger partial charge on any atom is -0.367 e. The molecule has 2 rings (SSSR count). The van der Waals surface area contributed by atoms with Crippen molar-refractivity contribution in [3.05, 3.63) is 36.5 Å². The van der Waals surface area contributed by atoms with Crippen LogP contribution in [0.5, 0.6) is 0 Å². The first-order chi connectivity index (χ1) is 7.85. The Morgan fingerprint density at radius 2 is 2.31 bits per heavy atom. The Hall–Kier alpha value is -1.68. The number of hydrogen-bond donors (Lipinski definition) is 2. The topological polar surface area (TPSA) is 67.6 Å². The zero-order chi connectivity index (χ0) is 11.4. The molecule has 0 bridgehead atoms. The summed E-state index contributed by atoms with van der Waals surface area (Å²) < 4.78 is 0. The number of rotatable bonds is 4. The molecule has 4 heteroatoms. The highest BCUT2D eigenvalue weighted by Crippen LogP contribution is 2.19. The Bertz CT molecular complexity index is 432. The molecule has 2 aromatic rings. The van der Waals surface area contributed by atoms with Crippen molar-refractivity contribution < 1.29 is 0 Å². The highest BCUT2D eigenvalue weighted by atomic mass is 14.9. The third kappa shape index (κ3) is 2.12. The van der Waals surface area contributed by atoms with Crippen molar-refractivity contribution in [1.82, 2.24) is 15.0 Å². The van der Waals surface area contributed by atoms with Crippen LogP contribution in [-0.2, 0) is 0 Å². The fraction of sp³-hybridized carbons (Fsp3) is 0.333. The first-order valence-corrected chi connectivity index (χ1v) is 5.51. The van der Waals surface area contributed by atoms with Crippen molar-refractivity contribution in [3.63, 3.8) is 0 Å².